The predicted molar refractivity (Wildman–Crippen MR) is 108 cm³/mol. The Morgan fingerprint density at radius 3 is 1.74 bits per heavy atom. The van der Waals surface area contributed by atoms with Crippen LogP contribution in [0.2, 0.25) is 0 Å². The summed E-state index contributed by atoms with van der Waals surface area (Å²) in [6.07, 6.45) is -4.49. The van der Waals surface area contributed by atoms with Crippen LogP contribution < -0.4 is 9.05 Å². The van der Waals surface area contributed by atoms with Crippen molar-refractivity contribution in [1.82, 2.24) is 0 Å². The summed E-state index contributed by atoms with van der Waals surface area (Å²) in [6, 6.07) is 14.2. The molecule has 0 saturated carbocycles. The molecule has 0 amide bonds. The maximum absolute atomic E-state index is 12.6. The average molecular weight is 450 g/mol. The van der Waals surface area contributed by atoms with Crippen LogP contribution in [0.3, 0.4) is 0 Å². The molecule has 3 aromatic rings. The van der Waals surface area contributed by atoms with Gasteiger partial charge in [0.2, 0.25) is 0 Å². The third-order valence-electron chi connectivity index (χ3n) is 4.23. The van der Waals surface area contributed by atoms with Crippen molar-refractivity contribution in [3.05, 3.63) is 94.5 Å². The number of hydrogen-bond acceptors (Lipinski definition) is 4. The third kappa shape index (κ3) is 5.96. The van der Waals surface area contributed by atoms with E-state index in [9.17, 15) is 27.4 Å². The van der Waals surface area contributed by atoms with Gasteiger partial charge in [-0.1, -0.05) is 18.2 Å². The number of ketones is 1. The molecule has 5 nitrogen and oxygen atoms in total. The second-order valence-corrected chi connectivity index (χ2v) is 8.21. The molecule has 9 heteroatoms. The van der Waals surface area contributed by atoms with Gasteiger partial charge in [-0.2, -0.15) is 13.2 Å². The summed E-state index contributed by atoms with van der Waals surface area (Å²) in [6.45, 7) is 3.63. The molecule has 3 aromatic carbocycles. The Bertz CT molecular complexity index is 1120. The first kappa shape index (κ1) is 22.6. The molecule has 0 bridgehead atoms. The molecular weight excluding hydrogens is 432 g/mol. The lowest BCUT2D eigenvalue weighted by molar-refractivity contribution is -0.137. The lowest BCUT2D eigenvalue weighted by Crippen LogP contribution is -2.06. The van der Waals surface area contributed by atoms with Crippen molar-refractivity contribution in [2.24, 2.45) is 0 Å². The Balaban J connectivity index is 1.70. The zero-order chi connectivity index (χ0) is 22.8. The Labute approximate surface area is 176 Å². The summed E-state index contributed by atoms with van der Waals surface area (Å²) in [7, 11) is -4.49. The van der Waals surface area contributed by atoms with E-state index in [0.29, 0.717) is 0 Å². The van der Waals surface area contributed by atoms with Crippen molar-refractivity contribution in [2.45, 2.75) is 20.0 Å². The summed E-state index contributed by atoms with van der Waals surface area (Å²) < 4.78 is 60.3. The average Bonchev–Trinajstić information content (AvgIpc) is 2.66. The molecule has 3 rings (SSSR count). The maximum atomic E-state index is 12.6. The smallest absolute Gasteiger partial charge is 0.395 e. The number of hydrogen-bond donors (Lipinski definition) is 1. The minimum Gasteiger partial charge on any atom is -0.395 e. The Morgan fingerprint density at radius 1 is 0.806 bits per heavy atom. The maximum Gasteiger partial charge on any atom is 0.584 e. The molecule has 0 spiro atoms. The third-order valence-corrected chi connectivity index (χ3v) is 5.11. The number of phosphoric ester groups is 1. The zero-order valence-corrected chi connectivity index (χ0v) is 17.4. The highest BCUT2D eigenvalue weighted by Crippen LogP contribution is 2.44. The van der Waals surface area contributed by atoms with Crippen LogP contribution >= 0.6 is 7.82 Å². The lowest BCUT2D eigenvalue weighted by Gasteiger charge is -2.15. The van der Waals surface area contributed by atoms with Crippen molar-refractivity contribution >= 4 is 13.6 Å². The van der Waals surface area contributed by atoms with E-state index in [1.165, 1.54) is 24.3 Å². The highest BCUT2D eigenvalue weighted by atomic mass is 31.2. The van der Waals surface area contributed by atoms with Gasteiger partial charge < -0.3 is 9.05 Å². The zero-order valence-electron chi connectivity index (χ0n) is 16.5. The van der Waals surface area contributed by atoms with Crippen LogP contribution in [-0.4, -0.2) is 10.7 Å². The van der Waals surface area contributed by atoms with E-state index in [4.69, 9.17) is 9.05 Å². The molecule has 1 N–H and O–H groups in total. The summed E-state index contributed by atoms with van der Waals surface area (Å²) in [5.74, 6) is -0.337. The van der Waals surface area contributed by atoms with Crippen LogP contribution in [0, 0.1) is 13.8 Å². The topological polar surface area (TPSA) is 72.8 Å². The van der Waals surface area contributed by atoms with Crippen LogP contribution in [0.1, 0.15) is 32.6 Å². The van der Waals surface area contributed by atoms with E-state index >= 15 is 0 Å². The SMILES string of the molecule is Cc1cc(C)cc(OP(=O)(O)Oc2ccc(C(=O)c3ccc(C(F)(F)F)cc3)cc2)c1. The second kappa shape index (κ2) is 8.57. The van der Waals surface area contributed by atoms with E-state index in [-0.39, 0.29) is 22.6 Å². The molecule has 0 radical (unpaired) electrons. The fourth-order valence-corrected chi connectivity index (χ4v) is 3.71. The van der Waals surface area contributed by atoms with Crippen molar-refractivity contribution in [3.8, 4) is 11.5 Å². The normalized spacial score (nSPS) is 13.4. The van der Waals surface area contributed by atoms with Crippen LogP contribution in [-0.2, 0) is 10.7 Å². The summed E-state index contributed by atoms with van der Waals surface area (Å²) in [5.41, 5.74) is 1.10. The summed E-state index contributed by atoms with van der Waals surface area (Å²) >= 11 is 0. The Morgan fingerprint density at radius 2 is 1.26 bits per heavy atom. The Kier molecular flexibility index (Phi) is 6.25. The Hall–Kier alpha value is -3.09. The number of halogens is 3. The van der Waals surface area contributed by atoms with Crippen molar-refractivity contribution < 1.29 is 36.5 Å². The van der Waals surface area contributed by atoms with Crippen molar-refractivity contribution in [1.29, 1.82) is 0 Å². The monoisotopic (exact) mass is 450 g/mol. The lowest BCUT2D eigenvalue weighted by atomic mass is 10.0. The molecule has 0 aliphatic carbocycles. The fourth-order valence-electron chi connectivity index (χ4n) is 2.92. The molecule has 0 saturated heterocycles. The molecule has 0 aliphatic heterocycles. The van der Waals surface area contributed by atoms with E-state index in [1.54, 1.807) is 12.1 Å². The number of alkyl halides is 3. The van der Waals surface area contributed by atoms with Crippen molar-refractivity contribution in [3.63, 3.8) is 0 Å². The van der Waals surface area contributed by atoms with Gasteiger partial charge in [-0.25, -0.2) is 4.57 Å². The molecule has 0 aromatic heterocycles. The predicted octanol–water partition coefficient (Wildman–Crippen LogP) is 6.11. The van der Waals surface area contributed by atoms with Crippen LogP contribution in [0.25, 0.3) is 0 Å². The number of carbonyl (C=O) groups is 1. The van der Waals surface area contributed by atoms with Gasteiger partial charge in [0, 0.05) is 11.1 Å². The van der Waals surface area contributed by atoms with Gasteiger partial charge in [0.25, 0.3) is 0 Å². The van der Waals surface area contributed by atoms with E-state index in [1.807, 2.05) is 19.9 Å². The standard InChI is InChI=1S/C22H18F3O5P/c1-14-11-15(2)13-20(12-14)30-31(27,28)29-19-9-5-17(6-10-19)21(26)16-3-7-18(8-4-16)22(23,24)25/h3-13H,1-2H3,(H,27,28). The van der Waals surface area contributed by atoms with Crippen LogP contribution in [0.4, 0.5) is 13.2 Å². The van der Waals surface area contributed by atoms with Gasteiger partial charge in [0.05, 0.1) is 5.56 Å². The summed E-state index contributed by atoms with van der Waals surface area (Å²) in [4.78, 5) is 22.5. The number of rotatable bonds is 6. The quantitative estimate of drug-likeness (QED) is 0.362. The van der Waals surface area contributed by atoms with Crippen LogP contribution in [0.5, 0.6) is 11.5 Å². The van der Waals surface area contributed by atoms with Crippen LogP contribution in [0.15, 0.2) is 66.7 Å². The first-order valence-electron chi connectivity index (χ1n) is 9.05. The highest BCUT2D eigenvalue weighted by Gasteiger charge is 2.30. The first-order chi connectivity index (χ1) is 14.4. The first-order valence-corrected chi connectivity index (χ1v) is 10.5. The minimum absolute atomic E-state index is 0.0147. The van der Waals surface area contributed by atoms with E-state index in [2.05, 4.69) is 0 Å². The van der Waals surface area contributed by atoms with Gasteiger partial charge >= 0.3 is 14.0 Å². The molecular formula is C22H18F3O5P. The van der Waals surface area contributed by atoms with E-state index < -0.39 is 25.3 Å². The second-order valence-electron chi connectivity index (χ2n) is 6.90. The number of phosphoric acid groups is 1. The molecule has 0 aliphatic rings. The van der Waals surface area contributed by atoms with Gasteiger partial charge in [-0.3, -0.25) is 9.69 Å². The fraction of sp³-hybridized carbons (Fsp3) is 0.136. The minimum atomic E-state index is -4.49. The highest BCUT2D eigenvalue weighted by molar-refractivity contribution is 7.48. The van der Waals surface area contributed by atoms with Gasteiger partial charge in [-0.05, 0) is 73.5 Å². The van der Waals surface area contributed by atoms with Gasteiger partial charge in [0.1, 0.15) is 11.5 Å². The molecule has 0 fully saturated rings. The molecule has 31 heavy (non-hydrogen) atoms. The largest absolute Gasteiger partial charge is 0.584 e. The number of benzene rings is 3. The number of carbonyl (C=O) groups excluding carboxylic acids is 1. The van der Waals surface area contributed by atoms with Gasteiger partial charge in [-0.15, -0.1) is 0 Å². The molecule has 1 unspecified atom stereocenters. The molecule has 1 atom stereocenters. The molecule has 0 heterocycles. The van der Waals surface area contributed by atoms with Gasteiger partial charge in [0.15, 0.2) is 5.78 Å². The van der Waals surface area contributed by atoms with Crippen molar-refractivity contribution in [2.75, 3.05) is 0 Å². The molecule has 162 valence electrons. The summed E-state index contributed by atoms with van der Waals surface area (Å²) in [5, 5.41) is 0. The van der Waals surface area contributed by atoms with E-state index in [0.717, 1.165) is 35.4 Å². The number of aryl methyl sites for hydroxylation is 2.